The molecular weight excluding hydrogens is 540 g/mol. The van der Waals surface area contributed by atoms with Gasteiger partial charge in [0.05, 0.1) is 28.1 Å². The number of anilines is 1. The fraction of sp³-hybridized carbons (Fsp3) is 0.407. The van der Waals surface area contributed by atoms with Crippen LogP contribution in [0.4, 0.5) is 5.82 Å². The van der Waals surface area contributed by atoms with Crippen molar-refractivity contribution in [2.45, 2.75) is 31.1 Å². The van der Waals surface area contributed by atoms with Crippen LogP contribution in [0, 0.1) is 5.92 Å². The molecule has 4 aromatic rings. The number of nitrogens with zero attached hydrogens (tertiary/aromatic N) is 4. The highest BCUT2D eigenvalue weighted by Gasteiger charge is 2.33. The van der Waals surface area contributed by atoms with E-state index in [1.165, 1.54) is 5.56 Å². The van der Waals surface area contributed by atoms with E-state index in [1.807, 2.05) is 12.3 Å². The number of aromatic nitrogens is 3. The van der Waals surface area contributed by atoms with E-state index in [4.69, 9.17) is 14.7 Å². The van der Waals surface area contributed by atoms with Gasteiger partial charge in [0.1, 0.15) is 11.5 Å². The van der Waals surface area contributed by atoms with Crippen molar-refractivity contribution in [2.75, 3.05) is 37.0 Å². The first-order valence-corrected chi connectivity index (χ1v) is 15.0. The van der Waals surface area contributed by atoms with Crippen LogP contribution < -0.4 is 4.90 Å². The highest BCUT2D eigenvalue weighted by Crippen LogP contribution is 2.40. The lowest BCUT2D eigenvalue weighted by Gasteiger charge is -2.33. The van der Waals surface area contributed by atoms with Crippen molar-refractivity contribution in [2.24, 2.45) is 5.92 Å². The van der Waals surface area contributed by atoms with E-state index < -0.39 is 15.1 Å². The van der Waals surface area contributed by atoms with Crippen LogP contribution in [-0.2, 0) is 14.6 Å². The van der Waals surface area contributed by atoms with E-state index in [0.717, 1.165) is 58.4 Å². The lowest BCUT2D eigenvalue weighted by Crippen LogP contribution is -2.45. The summed E-state index contributed by atoms with van der Waals surface area (Å²) in [6, 6.07) is 17.0. The Labute approximate surface area is 219 Å². The van der Waals surface area contributed by atoms with Gasteiger partial charge in [-0.3, -0.25) is 4.98 Å². The van der Waals surface area contributed by atoms with Crippen molar-refractivity contribution >= 4 is 53.7 Å². The summed E-state index contributed by atoms with van der Waals surface area (Å²) in [5.41, 5.74) is 4.09. The molecule has 1 aromatic carbocycles. The summed E-state index contributed by atoms with van der Waals surface area (Å²) in [5.74, 6) is 1.36. The molecule has 0 bridgehead atoms. The van der Waals surface area contributed by atoms with E-state index in [-0.39, 0.29) is 11.8 Å². The topological polar surface area (TPSA) is 77.3 Å². The molecule has 0 saturated carbocycles. The van der Waals surface area contributed by atoms with Crippen molar-refractivity contribution in [3.05, 3.63) is 64.8 Å². The van der Waals surface area contributed by atoms with Gasteiger partial charge < -0.3 is 14.2 Å². The molecule has 0 spiro atoms. The van der Waals surface area contributed by atoms with Gasteiger partial charge >= 0.3 is 0 Å². The quantitative estimate of drug-likeness (QED) is 0.345. The summed E-state index contributed by atoms with van der Waals surface area (Å²) < 4.78 is 33.7. The zero-order valence-electron chi connectivity index (χ0n) is 20.2. The summed E-state index contributed by atoms with van der Waals surface area (Å²) in [5, 5.41) is 0.596. The molecule has 0 N–H and O–H groups in total. The predicted molar refractivity (Wildman–Crippen MR) is 146 cm³/mol. The molecule has 188 valence electrons. The maximum Gasteiger partial charge on any atom is 0.156 e. The summed E-state index contributed by atoms with van der Waals surface area (Å²) >= 11 is 3.64. The van der Waals surface area contributed by atoms with Gasteiger partial charge in [-0.15, -0.1) is 0 Å². The van der Waals surface area contributed by atoms with E-state index >= 15 is 0 Å². The Balaban J connectivity index is 1.57. The van der Waals surface area contributed by atoms with Gasteiger partial charge in [0, 0.05) is 42.4 Å². The molecule has 2 saturated heterocycles. The number of hydrogen-bond acceptors (Lipinski definition) is 6. The highest BCUT2D eigenvalue weighted by molar-refractivity contribution is 9.10. The number of ether oxygens (including phenoxy) is 1. The highest BCUT2D eigenvalue weighted by atomic mass is 79.9. The van der Waals surface area contributed by atoms with Crippen LogP contribution >= 0.6 is 15.9 Å². The first kappa shape index (κ1) is 23.9. The number of rotatable bonds is 4. The van der Waals surface area contributed by atoms with Crippen LogP contribution in [0.2, 0.25) is 0 Å². The maximum absolute atomic E-state index is 12.3. The van der Waals surface area contributed by atoms with Crippen LogP contribution in [0.1, 0.15) is 31.4 Å². The fourth-order valence-electron chi connectivity index (χ4n) is 5.67. The minimum atomic E-state index is -3.04. The number of pyridine rings is 2. The zero-order valence-corrected chi connectivity index (χ0v) is 22.6. The molecule has 3 aromatic heterocycles. The third kappa shape index (κ3) is 4.21. The predicted octanol–water partition coefficient (Wildman–Crippen LogP) is 4.99. The molecule has 2 fully saturated rings. The minimum absolute atomic E-state index is 0.0783. The summed E-state index contributed by atoms with van der Waals surface area (Å²) in [7, 11) is -3.04. The summed E-state index contributed by atoms with van der Waals surface area (Å²) in [6.45, 7) is 4.21. The third-order valence-electron chi connectivity index (χ3n) is 7.63. The summed E-state index contributed by atoms with van der Waals surface area (Å²) in [4.78, 5) is 12.1. The second-order valence-corrected chi connectivity index (χ2v) is 13.3. The van der Waals surface area contributed by atoms with Crippen molar-refractivity contribution in [3.8, 4) is 0 Å². The van der Waals surface area contributed by atoms with Gasteiger partial charge in [-0.2, -0.15) is 0 Å². The standard InChI is InChI=1S/C27H29BrN4O3S/c1-18-17-31(11-14-36(18,33)34)24-8-7-22-25-23(15-21(28)16-29-25)32(27(22)30-24)26(19-5-3-2-4-6-19)20-9-12-35-13-10-20/h2-8,15-16,18,20,26H,9-14,17H2,1H3/t18?,26-/m1/s1. The maximum atomic E-state index is 12.3. The van der Waals surface area contributed by atoms with Gasteiger partial charge in [0.2, 0.25) is 0 Å². The van der Waals surface area contributed by atoms with Crippen molar-refractivity contribution in [3.63, 3.8) is 0 Å². The molecule has 9 heteroatoms. The van der Waals surface area contributed by atoms with E-state index in [9.17, 15) is 8.42 Å². The Morgan fingerprint density at radius 1 is 1.11 bits per heavy atom. The minimum Gasteiger partial charge on any atom is -0.381 e. The smallest absolute Gasteiger partial charge is 0.156 e. The number of benzene rings is 1. The van der Waals surface area contributed by atoms with Crippen molar-refractivity contribution in [1.82, 2.24) is 14.5 Å². The van der Waals surface area contributed by atoms with Gasteiger partial charge in [-0.05, 0) is 65.4 Å². The second-order valence-electron chi connectivity index (χ2n) is 9.86. The second kappa shape index (κ2) is 9.43. The molecule has 2 aliphatic rings. The van der Waals surface area contributed by atoms with Crippen LogP contribution in [0.3, 0.4) is 0 Å². The van der Waals surface area contributed by atoms with Gasteiger partial charge in [-0.25, -0.2) is 13.4 Å². The molecule has 0 aliphatic carbocycles. The molecule has 2 atom stereocenters. The third-order valence-corrected chi connectivity index (χ3v) is 10.2. The molecule has 7 nitrogen and oxygen atoms in total. The molecule has 0 radical (unpaired) electrons. The SMILES string of the molecule is CC1CN(c2ccc3c4ncc(Br)cc4n([C@H](c4ccccc4)C4CCOCC4)c3n2)CCS1(=O)=O. The molecule has 0 amide bonds. The number of sulfone groups is 1. The Hall–Kier alpha value is -2.49. The number of halogens is 1. The molecule has 5 heterocycles. The van der Waals surface area contributed by atoms with E-state index in [1.54, 1.807) is 6.92 Å². The average Bonchev–Trinajstić information content (AvgIpc) is 3.20. The van der Waals surface area contributed by atoms with Gasteiger partial charge in [-0.1, -0.05) is 30.3 Å². The van der Waals surface area contributed by atoms with Crippen molar-refractivity contribution < 1.29 is 13.2 Å². The molecular formula is C27H29BrN4O3S. The summed E-state index contributed by atoms with van der Waals surface area (Å²) in [6.07, 6.45) is 3.79. The zero-order chi connectivity index (χ0) is 24.9. The van der Waals surface area contributed by atoms with E-state index in [0.29, 0.717) is 19.0 Å². The van der Waals surface area contributed by atoms with Gasteiger partial charge in [0.15, 0.2) is 9.84 Å². The lowest BCUT2D eigenvalue weighted by molar-refractivity contribution is 0.0552. The first-order chi connectivity index (χ1) is 17.4. The van der Waals surface area contributed by atoms with Crippen LogP contribution in [0.25, 0.3) is 22.1 Å². The average molecular weight is 570 g/mol. The largest absolute Gasteiger partial charge is 0.381 e. The van der Waals surface area contributed by atoms with E-state index in [2.05, 4.69) is 67.9 Å². The Morgan fingerprint density at radius 3 is 2.64 bits per heavy atom. The molecule has 1 unspecified atom stereocenters. The fourth-order valence-corrected chi connectivity index (χ4v) is 7.28. The Morgan fingerprint density at radius 2 is 1.89 bits per heavy atom. The van der Waals surface area contributed by atoms with Crippen molar-refractivity contribution in [1.29, 1.82) is 0 Å². The lowest BCUT2D eigenvalue weighted by atomic mass is 9.86. The molecule has 36 heavy (non-hydrogen) atoms. The van der Waals surface area contributed by atoms with Crippen LogP contribution in [-0.4, -0.2) is 60.3 Å². The number of fused-ring (bicyclic) bond motifs is 3. The van der Waals surface area contributed by atoms with Crippen LogP contribution in [0.5, 0.6) is 0 Å². The Bertz CT molecular complexity index is 1520. The normalized spacial score (nSPS) is 21.7. The number of hydrogen-bond donors (Lipinski definition) is 0. The van der Waals surface area contributed by atoms with Gasteiger partial charge in [0.25, 0.3) is 0 Å². The Kier molecular flexibility index (Phi) is 6.25. The molecule has 6 rings (SSSR count). The first-order valence-electron chi connectivity index (χ1n) is 12.5. The monoisotopic (exact) mass is 568 g/mol. The molecule has 2 aliphatic heterocycles. The van der Waals surface area contributed by atoms with Crippen LogP contribution in [0.15, 0.2) is 59.2 Å².